The first kappa shape index (κ1) is 19.7. The molecule has 0 unspecified atom stereocenters. The average molecular weight is 381 g/mol. The summed E-state index contributed by atoms with van der Waals surface area (Å²) in [7, 11) is 0. The zero-order valence-corrected chi connectivity index (χ0v) is 16.3. The smallest absolute Gasteiger partial charge is 0.318 e. The molecule has 0 aromatic heterocycles. The predicted octanol–water partition coefficient (Wildman–Crippen LogP) is 2.46. The Morgan fingerprint density at radius 3 is 2.39 bits per heavy atom. The minimum atomic E-state index is -0.588. The first-order valence-corrected chi connectivity index (χ1v) is 9.61. The van der Waals surface area contributed by atoms with Crippen molar-refractivity contribution >= 4 is 11.9 Å². The third kappa shape index (κ3) is 5.03. The lowest BCUT2D eigenvalue weighted by molar-refractivity contribution is -0.129. The number of carbonyl (C=O) groups is 2. The van der Waals surface area contributed by atoms with Gasteiger partial charge in [0.2, 0.25) is 5.91 Å². The zero-order chi connectivity index (χ0) is 20.1. The van der Waals surface area contributed by atoms with Crippen LogP contribution in [0.25, 0.3) is 0 Å². The molecule has 1 aliphatic heterocycles. The normalized spacial score (nSPS) is 19.4. The first-order valence-electron chi connectivity index (χ1n) is 9.61. The summed E-state index contributed by atoms with van der Waals surface area (Å²) in [5.41, 5.74) is 2.01. The first-order chi connectivity index (χ1) is 13.4. The third-order valence-electron chi connectivity index (χ3n) is 4.81. The monoisotopic (exact) mass is 381 g/mol. The Morgan fingerprint density at radius 2 is 1.75 bits per heavy atom. The molecule has 148 valence electrons. The number of phenols is 1. The molecule has 1 fully saturated rings. The number of benzene rings is 2. The highest BCUT2D eigenvalue weighted by Crippen LogP contribution is 2.18. The van der Waals surface area contributed by atoms with Crippen molar-refractivity contribution in [3.63, 3.8) is 0 Å². The van der Waals surface area contributed by atoms with Gasteiger partial charge in [-0.1, -0.05) is 42.5 Å². The number of nitrogens with one attached hydrogen (secondary N) is 2. The predicted molar refractivity (Wildman–Crippen MR) is 108 cm³/mol. The van der Waals surface area contributed by atoms with Gasteiger partial charge in [0, 0.05) is 19.0 Å². The number of amides is 3. The molecule has 0 aliphatic carbocycles. The Balaban J connectivity index is 1.78. The summed E-state index contributed by atoms with van der Waals surface area (Å²) in [6.07, 6.45) is 1.07. The van der Waals surface area contributed by atoms with Gasteiger partial charge >= 0.3 is 6.03 Å². The van der Waals surface area contributed by atoms with Crippen LogP contribution < -0.4 is 10.6 Å². The highest BCUT2D eigenvalue weighted by molar-refractivity contribution is 5.89. The van der Waals surface area contributed by atoms with Crippen molar-refractivity contribution < 1.29 is 14.7 Å². The molecule has 3 amide bonds. The Morgan fingerprint density at radius 1 is 1.11 bits per heavy atom. The molecule has 1 heterocycles. The number of piperazine rings is 1. The summed E-state index contributed by atoms with van der Waals surface area (Å²) in [6, 6.07) is 15.7. The largest absolute Gasteiger partial charge is 0.508 e. The molecule has 0 saturated carbocycles. The lowest BCUT2D eigenvalue weighted by atomic mass is 9.97. The van der Waals surface area contributed by atoms with Gasteiger partial charge in [-0.05, 0) is 43.5 Å². The van der Waals surface area contributed by atoms with Crippen molar-refractivity contribution in [1.29, 1.82) is 0 Å². The molecule has 2 aromatic carbocycles. The quantitative estimate of drug-likeness (QED) is 0.744. The molecule has 0 spiro atoms. The van der Waals surface area contributed by atoms with Crippen LogP contribution in [0.4, 0.5) is 4.79 Å². The van der Waals surface area contributed by atoms with Gasteiger partial charge in [0.05, 0.1) is 6.04 Å². The van der Waals surface area contributed by atoms with E-state index in [4.69, 9.17) is 0 Å². The number of hydrogen-bond donors (Lipinski definition) is 3. The SMILES string of the molecule is CC(C)NC(=O)N1C[C@H](Cc2ccccc2)NC(=O)[C@@H]1Cc1ccc(O)cc1. The number of phenolic OH excluding ortho intramolecular Hbond substituents is 1. The molecule has 6 nitrogen and oxygen atoms in total. The maximum absolute atomic E-state index is 12.9. The second-order valence-corrected chi connectivity index (χ2v) is 7.54. The minimum absolute atomic E-state index is 0.0145. The van der Waals surface area contributed by atoms with Crippen molar-refractivity contribution in [2.24, 2.45) is 0 Å². The van der Waals surface area contributed by atoms with E-state index in [0.717, 1.165) is 11.1 Å². The van der Waals surface area contributed by atoms with E-state index in [0.29, 0.717) is 19.4 Å². The van der Waals surface area contributed by atoms with Crippen LogP contribution in [0.5, 0.6) is 5.75 Å². The second-order valence-electron chi connectivity index (χ2n) is 7.54. The molecule has 0 radical (unpaired) electrons. The Labute approximate surface area is 165 Å². The van der Waals surface area contributed by atoms with Crippen LogP contribution >= 0.6 is 0 Å². The maximum atomic E-state index is 12.9. The fourth-order valence-electron chi connectivity index (χ4n) is 3.48. The lowest BCUT2D eigenvalue weighted by Gasteiger charge is -2.40. The van der Waals surface area contributed by atoms with Gasteiger partial charge in [0.25, 0.3) is 0 Å². The number of nitrogens with zero attached hydrogens (tertiary/aromatic N) is 1. The number of urea groups is 1. The Bertz CT molecular complexity index is 806. The fourth-order valence-corrected chi connectivity index (χ4v) is 3.48. The van der Waals surface area contributed by atoms with Gasteiger partial charge in [0.1, 0.15) is 11.8 Å². The van der Waals surface area contributed by atoms with Crippen LogP contribution in [0, 0.1) is 0 Å². The highest BCUT2D eigenvalue weighted by atomic mass is 16.3. The zero-order valence-electron chi connectivity index (χ0n) is 16.3. The van der Waals surface area contributed by atoms with E-state index in [-0.39, 0.29) is 29.8 Å². The summed E-state index contributed by atoms with van der Waals surface area (Å²) < 4.78 is 0. The summed E-state index contributed by atoms with van der Waals surface area (Å²) in [6.45, 7) is 4.25. The molecule has 1 saturated heterocycles. The second kappa shape index (κ2) is 8.78. The summed E-state index contributed by atoms with van der Waals surface area (Å²) in [4.78, 5) is 27.3. The highest BCUT2D eigenvalue weighted by Gasteiger charge is 2.37. The maximum Gasteiger partial charge on any atom is 0.318 e. The van der Waals surface area contributed by atoms with E-state index in [2.05, 4.69) is 10.6 Å². The molecule has 2 aromatic rings. The van der Waals surface area contributed by atoms with Crippen molar-refractivity contribution in [3.05, 3.63) is 65.7 Å². The van der Waals surface area contributed by atoms with Crippen LogP contribution in [0.15, 0.2) is 54.6 Å². The van der Waals surface area contributed by atoms with Crippen molar-refractivity contribution in [2.45, 2.75) is 44.8 Å². The van der Waals surface area contributed by atoms with E-state index in [1.165, 1.54) is 0 Å². The van der Waals surface area contributed by atoms with Crippen LogP contribution in [0.2, 0.25) is 0 Å². The van der Waals surface area contributed by atoms with Crippen molar-refractivity contribution in [1.82, 2.24) is 15.5 Å². The number of aromatic hydroxyl groups is 1. The van der Waals surface area contributed by atoms with Crippen LogP contribution in [0.1, 0.15) is 25.0 Å². The van der Waals surface area contributed by atoms with Gasteiger partial charge in [-0.15, -0.1) is 0 Å². The molecule has 3 N–H and O–H groups in total. The lowest BCUT2D eigenvalue weighted by Crippen LogP contribution is -2.64. The number of carbonyl (C=O) groups excluding carboxylic acids is 2. The Kier molecular flexibility index (Phi) is 6.19. The van der Waals surface area contributed by atoms with E-state index < -0.39 is 6.04 Å². The van der Waals surface area contributed by atoms with E-state index in [1.54, 1.807) is 29.2 Å². The molecule has 3 rings (SSSR count). The summed E-state index contributed by atoms with van der Waals surface area (Å²) in [5.74, 6) is 0.0216. The van der Waals surface area contributed by atoms with E-state index >= 15 is 0 Å². The average Bonchev–Trinajstić information content (AvgIpc) is 2.65. The molecule has 1 aliphatic rings. The van der Waals surface area contributed by atoms with Crippen LogP contribution in [0.3, 0.4) is 0 Å². The van der Waals surface area contributed by atoms with E-state index in [1.807, 2.05) is 44.2 Å². The third-order valence-corrected chi connectivity index (χ3v) is 4.81. The molecule has 6 heteroatoms. The van der Waals surface area contributed by atoms with Crippen LogP contribution in [-0.2, 0) is 17.6 Å². The van der Waals surface area contributed by atoms with Gasteiger partial charge < -0.3 is 20.6 Å². The van der Waals surface area contributed by atoms with Crippen molar-refractivity contribution in [3.8, 4) is 5.75 Å². The number of rotatable bonds is 5. The van der Waals surface area contributed by atoms with Gasteiger partial charge in [0.15, 0.2) is 0 Å². The summed E-state index contributed by atoms with van der Waals surface area (Å²) >= 11 is 0. The summed E-state index contributed by atoms with van der Waals surface area (Å²) in [5, 5.41) is 15.5. The standard InChI is InChI=1S/C22H27N3O3/c1-15(2)23-22(28)25-14-18(12-16-6-4-3-5-7-16)24-21(27)20(25)13-17-8-10-19(26)11-9-17/h3-11,15,18,20,26H,12-14H2,1-2H3,(H,23,28)(H,24,27)/t18-,20-/m0/s1. The topological polar surface area (TPSA) is 81.7 Å². The molecular formula is C22H27N3O3. The van der Waals surface area contributed by atoms with Gasteiger partial charge in [-0.3, -0.25) is 4.79 Å². The molecule has 2 atom stereocenters. The number of hydrogen-bond acceptors (Lipinski definition) is 3. The van der Waals surface area contributed by atoms with E-state index in [9.17, 15) is 14.7 Å². The fraction of sp³-hybridized carbons (Fsp3) is 0.364. The Hall–Kier alpha value is -3.02. The van der Waals surface area contributed by atoms with Crippen molar-refractivity contribution in [2.75, 3.05) is 6.54 Å². The van der Waals surface area contributed by atoms with Gasteiger partial charge in [-0.2, -0.15) is 0 Å². The minimum Gasteiger partial charge on any atom is -0.508 e. The molecule has 28 heavy (non-hydrogen) atoms. The molecule has 0 bridgehead atoms. The van der Waals surface area contributed by atoms with Crippen LogP contribution in [-0.4, -0.2) is 46.6 Å². The molecular weight excluding hydrogens is 354 g/mol. The van der Waals surface area contributed by atoms with Gasteiger partial charge in [-0.25, -0.2) is 4.79 Å².